The second kappa shape index (κ2) is 9.90. The van der Waals surface area contributed by atoms with Gasteiger partial charge in [-0.3, -0.25) is 9.69 Å². The first-order valence-corrected chi connectivity index (χ1v) is 13.3. The summed E-state index contributed by atoms with van der Waals surface area (Å²) in [4.78, 5) is 16.3. The molecule has 0 aromatic heterocycles. The first-order valence-electron chi connectivity index (χ1n) is 9.63. The lowest BCUT2D eigenvalue weighted by Gasteiger charge is -2.29. The molecule has 1 unspecified atom stereocenters. The largest absolute Gasteiger partial charge is 0.494 e. The molecular formula is C19H30N2O6S2. The van der Waals surface area contributed by atoms with E-state index in [0.717, 1.165) is 6.26 Å². The van der Waals surface area contributed by atoms with Gasteiger partial charge in [0.05, 0.1) is 29.6 Å². The van der Waals surface area contributed by atoms with Gasteiger partial charge in [0, 0.05) is 25.4 Å². The minimum Gasteiger partial charge on any atom is -0.494 e. The average Bonchev–Trinajstić information content (AvgIpc) is 2.98. The van der Waals surface area contributed by atoms with E-state index in [-0.39, 0.29) is 34.9 Å². The van der Waals surface area contributed by atoms with Crippen molar-refractivity contribution in [2.75, 3.05) is 51.1 Å². The van der Waals surface area contributed by atoms with Crippen LogP contribution in [0.15, 0.2) is 29.2 Å². The molecule has 10 heteroatoms. The smallest absolute Gasteiger partial charge is 0.237 e. The Kier molecular flexibility index (Phi) is 8.07. The topological polar surface area (TPSA) is 101 Å². The van der Waals surface area contributed by atoms with Crippen LogP contribution in [-0.2, 0) is 24.5 Å². The molecule has 0 bridgehead atoms. The number of sulfone groups is 2. The minimum atomic E-state index is -3.28. The maximum atomic E-state index is 12.6. The molecule has 1 aliphatic heterocycles. The van der Waals surface area contributed by atoms with Gasteiger partial charge in [-0.25, -0.2) is 16.8 Å². The Hall–Kier alpha value is -1.65. The molecule has 0 N–H and O–H groups in total. The molecule has 0 radical (unpaired) electrons. The predicted octanol–water partition coefficient (Wildman–Crippen LogP) is 0.826. The van der Waals surface area contributed by atoms with E-state index in [9.17, 15) is 21.6 Å². The Morgan fingerprint density at radius 2 is 2.03 bits per heavy atom. The molecule has 0 saturated carbocycles. The summed E-state index contributed by atoms with van der Waals surface area (Å²) >= 11 is 0. The number of hydrogen-bond donors (Lipinski definition) is 0. The zero-order valence-corrected chi connectivity index (χ0v) is 18.8. The number of benzene rings is 1. The van der Waals surface area contributed by atoms with Crippen molar-refractivity contribution in [3.05, 3.63) is 24.3 Å². The van der Waals surface area contributed by atoms with Gasteiger partial charge in [0.15, 0.2) is 19.7 Å². The van der Waals surface area contributed by atoms with Crippen molar-refractivity contribution in [2.24, 2.45) is 0 Å². The fourth-order valence-electron chi connectivity index (χ4n) is 3.38. The average molecular weight is 447 g/mol. The van der Waals surface area contributed by atoms with Crippen molar-refractivity contribution in [3.63, 3.8) is 0 Å². The molecule has 1 amide bonds. The lowest BCUT2D eigenvalue weighted by atomic mass is 10.2. The summed E-state index contributed by atoms with van der Waals surface area (Å²) in [6.45, 7) is 3.59. The standard InChI is InChI=1S/C19H30N2O6S2/c1-4-21(16-9-12-29(25,26)15-16)19(22)14-20(2)10-6-11-27-17-7-5-8-18(13-17)28(3,23)24/h5,7-8,13,16H,4,6,9-12,14-15H2,1-3H3. The fraction of sp³-hybridized carbons (Fsp3) is 0.632. The lowest BCUT2D eigenvalue weighted by Crippen LogP contribution is -2.45. The number of carbonyl (C=O) groups excluding carboxylic acids is 1. The molecule has 1 fully saturated rings. The molecule has 1 aromatic rings. The van der Waals surface area contributed by atoms with Crippen molar-refractivity contribution in [2.45, 2.75) is 30.7 Å². The van der Waals surface area contributed by atoms with Crippen LogP contribution in [0.4, 0.5) is 0 Å². The number of rotatable bonds is 10. The van der Waals surface area contributed by atoms with Crippen LogP contribution < -0.4 is 4.74 Å². The van der Waals surface area contributed by atoms with E-state index in [4.69, 9.17) is 4.74 Å². The van der Waals surface area contributed by atoms with Gasteiger partial charge in [-0.2, -0.15) is 0 Å². The second-order valence-electron chi connectivity index (χ2n) is 7.42. The molecule has 0 aliphatic carbocycles. The number of amides is 1. The summed E-state index contributed by atoms with van der Waals surface area (Å²) < 4.78 is 52.1. The lowest BCUT2D eigenvalue weighted by molar-refractivity contribution is -0.133. The van der Waals surface area contributed by atoms with Crippen molar-refractivity contribution in [1.29, 1.82) is 0 Å². The normalized spacial score (nSPS) is 18.7. The molecule has 29 heavy (non-hydrogen) atoms. The third-order valence-corrected chi connectivity index (χ3v) is 7.76. The summed E-state index contributed by atoms with van der Waals surface area (Å²) in [5.74, 6) is 0.622. The van der Waals surface area contributed by atoms with Crippen LogP contribution in [0.2, 0.25) is 0 Å². The van der Waals surface area contributed by atoms with E-state index in [1.54, 1.807) is 17.0 Å². The number of hydrogen-bond acceptors (Lipinski definition) is 7. The molecule has 1 aliphatic rings. The number of likely N-dealkylation sites (N-methyl/N-ethyl adjacent to an activating group) is 2. The van der Waals surface area contributed by atoms with Crippen LogP contribution >= 0.6 is 0 Å². The van der Waals surface area contributed by atoms with Crippen LogP contribution in [0.3, 0.4) is 0 Å². The van der Waals surface area contributed by atoms with Crippen molar-refractivity contribution in [1.82, 2.24) is 9.80 Å². The Morgan fingerprint density at radius 1 is 1.31 bits per heavy atom. The zero-order chi connectivity index (χ0) is 21.7. The molecule has 0 spiro atoms. The summed E-state index contributed by atoms with van der Waals surface area (Å²) in [6.07, 6.45) is 2.32. The van der Waals surface area contributed by atoms with Crippen LogP contribution in [0.25, 0.3) is 0 Å². The van der Waals surface area contributed by atoms with Crippen LogP contribution in [0, 0.1) is 0 Å². The number of carbonyl (C=O) groups is 1. The highest BCUT2D eigenvalue weighted by atomic mass is 32.2. The highest BCUT2D eigenvalue weighted by Crippen LogP contribution is 2.19. The van der Waals surface area contributed by atoms with Gasteiger partial charge < -0.3 is 9.64 Å². The molecule has 1 saturated heterocycles. The summed E-state index contributed by atoms with van der Waals surface area (Å²) in [7, 11) is -4.47. The van der Waals surface area contributed by atoms with E-state index < -0.39 is 19.7 Å². The molecule has 8 nitrogen and oxygen atoms in total. The molecular weight excluding hydrogens is 416 g/mol. The monoisotopic (exact) mass is 446 g/mol. The summed E-state index contributed by atoms with van der Waals surface area (Å²) in [6, 6.07) is 6.14. The van der Waals surface area contributed by atoms with Crippen LogP contribution in [0.1, 0.15) is 19.8 Å². The quantitative estimate of drug-likeness (QED) is 0.491. The Morgan fingerprint density at radius 3 is 2.62 bits per heavy atom. The predicted molar refractivity (Wildman–Crippen MR) is 112 cm³/mol. The molecule has 2 rings (SSSR count). The highest BCUT2D eigenvalue weighted by Gasteiger charge is 2.33. The first-order chi connectivity index (χ1) is 13.5. The van der Waals surface area contributed by atoms with Gasteiger partial charge in [-0.05, 0) is 45.0 Å². The van der Waals surface area contributed by atoms with Gasteiger partial charge in [0.2, 0.25) is 5.91 Å². The summed E-state index contributed by atoms with van der Waals surface area (Å²) in [5, 5.41) is 0. The van der Waals surface area contributed by atoms with Crippen molar-refractivity contribution in [3.8, 4) is 5.75 Å². The molecule has 1 atom stereocenters. The van der Waals surface area contributed by atoms with Gasteiger partial charge in [0.25, 0.3) is 0 Å². The highest BCUT2D eigenvalue weighted by molar-refractivity contribution is 7.91. The van der Waals surface area contributed by atoms with Crippen LogP contribution in [0.5, 0.6) is 5.75 Å². The third-order valence-electron chi connectivity index (χ3n) is 4.90. The number of nitrogens with zero attached hydrogens (tertiary/aromatic N) is 2. The minimum absolute atomic E-state index is 0.0523. The Bertz CT molecular complexity index is 914. The summed E-state index contributed by atoms with van der Waals surface area (Å²) in [5.41, 5.74) is 0. The van der Waals surface area contributed by atoms with E-state index in [1.807, 2.05) is 18.9 Å². The van der Waals surface area contributed by atoms with Gasteiger partial charge in [-0.15, -0.1) is 0 Å². The fourth-order valence-corrected chi connectivity index (χ4v) is 5.77. The Balaban J connectivity index is 1.76. The van der Waals surface area contributed by atoms with Crippen molar-refractivity contribution < 1.29 is 26.4 Å². The van der Waals surface area contributed by atoms with Gasteiger partial charge in [-0.1, -0.05) is 6.07 Å². The maximum Gasteiger partial charge on any atom is 0.237 e. The van der Waals surface area contributed by atoms with Gasteiger partial charge in [0.1, 0.15) is 5.75 Å². The van der Waals surface area contributed by atoms with E-state index in [2.05, 4.69) is 0 Å². The number of ether oxygens (including phenoxy) is 1. The van der Waals surface area contributed by atoms with E-state index in [1.165, 1.54) is 12.1 Å². The first kappa shape index (κ1) is 23.6. The molecule has 1 aromatic carbocycles. The van der Waals surface area contributed by atoms with E-state index in [0.29, 0.717) is 38.3 Å². The van der Waals surface area contributed by atoms with Crippen LogP contribution in [-0.4, -0.2) is 89.6 Å². The van der Waals surface area contributed by atoms with Gasteiger partial charge >= 0.3 is 0 Å². The van der Waals surface area contributed by atoms with E-state index >= 15 is 0 Å². The SMILES string of the molecule is CCN(C(=O)CN(C)CCCOc1cccc(S(C)(=O)=O)c1)C1CCS(=O)(=O)C1. The second-order valence-corrected chi connectivity index (χ2v) is 11.7. The van der Waals surface area contributed by atoms with Crippen molar-refractivity contribution >= 4 is 25.6 Å². The molecule has 1 heterocycles. The zero-order valence-electron chi connectivity index (χ0n) is 17.2. The Labute approximate surface area is 173 Å². The molecule has 164 valence electrons. The third kappa shape index (κ3) is 7.27. The maximum absolute atomic E-state index is 12.6.